The van der Waals surface area contributed by atoms with Crippen molar-refractivity contribution in [3.05, 3.63) is 22.8 Å². The summed E-state index contributed by atoms with van der Waals surface area (Å²) >= 11 is 0. The van der Waals surface area contributed by atoms with E-state index in [1.165, 1.54) is 13.8 Å². The molecule has 4 rings (SSSR count). The van der Waals surface area contributed by atoms with Crippen LogP contribution in [-0.4, -0.2) is 33.0 Å². The Labute approximate surface area is 130 Å². The highest BCUT2D eigenvalue weighted by Crippen LogP contribution is 2.64. The standard InChI is InChI=1S/C18H24O4/c1-8-7-11-13-12(16(8,4)15(20)17(11,5)21)9(2)10(3)14(19)18(13,6)22/h7,11-13,21-22H,1-6H3/t11-,12+,13+,16+,17-,18+/m0/s1. The van der Waals surface area contributed by atoms with Gasteiger partial charge in [-0.05, 0) is 47.1 Å². The number of hydrogen-bond acceptors (Lipinski definition) is 4. The molecule has 22 heavy (non-hydrogen) atoms. The summed E-state index contributed by atoms with van der Waals surface area (Å²) < 4.78 is 0. The Balaban J connectivity index is 2.37. The number of ketones is 2. The molecule has 4 aliphatic rings. The van der Waals surface area contributed by atoms with Crippen LogP contribution in [0, 0.1) is 23.2 Å². The molecule has 0 saturated heterocycles. The largest absolute Gasteiger partial charge is 0.382 e. The molecule has 0 spiro atoms. The first-order valence-corrected chi connectivity index (χ1v) is 7.80. The molecule has 0 unspecified atom stereocenters. The predicted octanol–water partition coefficient (Wildman–Crippen LogP) is 1.81. The van der Waals surface area contributed by atoms with Crippen molar-refractivity contribution < 1.29 is 19.8 Å². The predicted molar refractivity (Wildman–Crippen MR) is 82.0 cm³/mol. The molecule has 0 aromatic heterocycles. The van der Waals surface area contributed by atoms with E-state index in [1.807, 2.05) is 26.8 Å². The minimum Gasteiger partial charge on any atom is -0.382 e. The Hall–Kier alpha value is -1.26. The molecule has 0 aliphatic heterocycles. The zero-order chi connectivity index (χ0) is 16.8. The number of rotatable bonds is 0. The quantitative estimate of drug-likeness (QED) is 0.669. The van der Waals surface area contributed by atoms with Crippen molar-refractivity contribution in [3.63, 3.8) is 0 Å². The molecule has 6 atom stereocenters. The van der Waals surface area contributed by atoms with E-state index in [-0.39, 0.29) is 17.5 Å². The number of hydrogen-bond donors (Lipinski definition) is 2. The van der Waals surface area contributed by atoms with Crippen molar-refractivity contribution in [1.82, 2.24) is 0 Å². The second kappa shape index (κ2) is 3.98. The maximum Gasteiger partial charge on any atom is 0.190 e. The Morgan fingerprint density at radius 2 is 1.55 bits per heavy atom. The molecule has 2 bridgehead atoms. The van der Waals surface area contributed by atoms with Crippen molar-refractivity contribution >= 4 is 11.6 Å². The Bertz CT molecular complexity index is 665. The number of allylic oxidation sites excluding steroid dienone is 2. The van der Waals surface area contributed by atoms with E-state index in [4.69, 9.17) is 0 Å². The number of carbonyl (C=O) groups is 2. The van der Waals surface area contributed by atoms with E-state index >= 15 is 0 Å². The molecule has 4 heteroatoms. The fourth-order valence-corrected chi connectivity index (χ4v) is 5.19. The van der Waals surface area contributed by atoms with E-state index in [1.54, 1.807) is 6.92 Å². The van der Waals surface area contributed by atoms with E-state index in [9.17, 15) is 19.8 Å². The van der Waals surface area contributed by atoms with Crippen LogP contribution in [0.3, 0.4) is 0 Å². The third-order valence-electron chi connectivity index (χ3n) is 6.70. The molecule has 0 heterocycles. The lowest BCUT2D eigenvalue weighted by molar-refractivity contribution is -0.188. The number of carbonyl (C=O) groups excluding carboxylic acids is 2. The van der Waals surface area contributed by atoms with Crippen molar-refractivity contribution in [2.45, 2.75) is 52.7 Å². The van der Waals surface area contributed by atoms with E-state index in [2.05, 4.69) is 0 Å². The van der Waals surface area contributed by atoms with Crippen LogP contribution in [0.1, 0.15) is 41.5 Å². The van der Waals surface area contributed by atoms with Crippen LogP contribution < -0.4 is 0 Å². The van der Waals surface area contributed by atoms with Crippen molar-refractivity contribution in [2.24, 2.45) is 23.2 Å². The van der Waals surface area contributed by atoms with Crippen LogP contribution in [0.4, 0.5) is 0 Å². The Morgan fingerprint density at radius 1 is 1.00 bits per heavy atom. The minimum atomic E-state index is -1.57. The van der Waals surface area contributed by atoms with Gasteiger partial charge in [0, 0.05) is 17.8 Å². The molecule has 1 fully saturated rings. The van der Waals surface area contributed by atoms with Crippen molar-refractivity contribution in [3.8, 4) is 0 Å². The van der Waals surface area contributed by atoms with Crippen LogP contribution in [-0.2, 0) is 9.59 Å². The summed E-state index contributed by atoms with van der Waals surface area (Å²) in [5.41, 5.74) is -1.66. The molecule has 0 radical (unpaired) electrons. The summed E-state index contributed by atoms with van der Waals surface area (Å²) in [4.78, 5) is 25.5. The van der Waals surface area contributed by atoms with E-state index in [0.29, 0.717) is 5.57 Å². The van der Waals surface area contributed by atoms with Gasteiger partial charge in [0.05, 0.1) is 5.41 Å². The lowest BCUT2D eigenvalue weighted by Crippen LogP contribution is -2.71. The molecule has 4 aliphatic carbocycles. The molecular formula is C18H24O4. The topological polar surface area (TPSA) is 74.6 Å². The average Bonchev–Trinajstić information content (AvgIpc) is 2.42. The molecule has 1 saturated carbocycles. The van der Waals surface area contributed by atoms with Crippen LogP contribution in [0.15, 0.2) is 22.8 Å². The zero-order valence-corrected chi connectivity index (χ0v) is 14.0. The van der Waals surface area contributed by atoms with Crippen LogP contribution in [0.25, 0.3) is 0 Å². The normalized spacial score (nSPS) is 51.1. The maximum absolute atomic E-state index is 13.0. The number of Topliss-reactive ketones (excluding diaryl/α,β-unsaturated/α-hetero) is 2. The van der Waals surface area contributed by atoms with Gasteiger partial charge in [-0.15, -0.1) is 0 Å². The summed E-state index contributed by atoms with van der Waals surface area (Å²) in [6, 6.07) is 0. The SMILES string of the molecule is CC1=C[C@H]2[C@@H]3[C@@H](C(C)=C(C)C(=O)[C@]3(C)O)[C@]1(C)C(=O)[C@@]2(C)O. The van der Waals surface area contributed by atoms with Gasteiger partial charge in [-0.1, -0.05) is 17.2 Å². The fourth-order valence-electron chi connectivity index (χ4n) is 5.19. The van der Waals surface area contributed by atoms with Gasteiger partial charge in [0.15, 0.2) is 11.6 Å². The molecule has 4 nitrogen and oxygen atoms in total. The first-order valence-electron chi connectivity index (χ1n) is 7.80. The average molecular weight is 304 g/mol. The van der Waals surface area contributed by atoms with Gasteiger partial charge in [-0.3, -0.25) is 9.59 Å². The molecular weight excluding hydrogens is 280 g/mol. The van der Waals surface area contributed by atoms with Gasteiger partial charge in [-0.2, -0.15) is 0 Å². The highest BCUT2D eigenvalue weighted by Gasteiger charge is 2.70. The van der Waals surface area contributed by atoms with Crippen molar-refractivity contribution in [1.29, 1.82) is 0 Å². The summed E-state index contributed by atoms with van der Waals surface area (Å²) in [6.07, 6.45) is 1.89. The van der Waals surface area contributed by atoms with Gasteiger partial charge in [0.2, 0.25) is 0 Å². The van der Waals surface area contributed by atoms with Crippen LogP contribution in [0.2, 0.25) is 0 Å². The third-order valence-corrected chi connectivity index (χ3v) is 6.70. The monoisotopic (exact) mass is 304 g/mol. The molecule has 0 aromatic carbocycles. The van der Waals surface area contributed by atoms with Gasteiger partial charge >= 0.3 is 0 Å². The van der Waals surface area contributed by atoms with Gasteiger partial charge in [0.1, 0.15) is 11.2 Å². The van der Waals surface area contributed by atoms with Gasteiger partial charge in [-0.25, -0.2) is 0 Å². The number of aliphatic hydroxyl groups is 2. The molecule has 0 aromatic rings. The van der Waals surface area contributed by atoms with Crippen LogP contribution >= 0.6 is 0 Å². The molecule has 120 valence electrons. The third kappa shape index (κ3) is 1.41. The lowest BCUT2D eigenvalue weighted by atomic mass is 9.41. The first-order chi connectivity index (χ1) is 9.89. The lowest BCUT2D eigenvalue weighted by Gasteiger charge is -2.62. The molecule has 0 amide bonds. The maximum atomic E-state index is 13.0. The summed E-state index contributed by atoms with van der Waals surface area (Å²) in [6.45, 7) is 10.4. The van der Waals surface area contributed by atoms with E-state index < -0.39 is 28.5 Å². The first kappa shape index (κ1) is 15.6. The molecule has 2 N–H and O–H groups in total. The van der Waals surface area contributed by atoms with Gasteiger partial charge < -0.3 is 10.2 Å². The fraction of sp³-hybridized carbons (Fsp3) is 0.667. The van der Waals surface area contributed by atoms with E-state index in [0.717, 1.165) is 11.1 Å². The summed E-state index contributed by atoms with van der Waals surface area (Å²) in [5.74, 6) is -1.78. The number of fused-ring (bicyclic) bond motifs is 1. The minimum absolute atomic E-state index is 0.205. The summed E-state index contributed by atoms with van der Waals surface area (Å²) in [7, 11) is 0. The smallest absolute Gasteiger partial charge is 0.190 e. The summed E-state index contributed by atoms with van der Waals surface area (Å²) in [5, 5.41) is 21.7. The second-order valence-corrected chi connectivity index (χ2v) is 7.84. The van der Waals surface area contributed by atoms with Crippen molar-refractivity contribution in [2.75, 3.05) is 0 Å². The zero-order valence-electron chi connectivity index (χ0n) is 14.0. The Kier molecular flexibility index (Phi) is 2.83. The second-order valence-electron chi connectivity index (χ2n) is 7.84. The highest BCUT2D eigenvalue weighted by atomic mass is 16.3. The Morgan fingerprint density at radius 3 is 2.09 bits per heavy atom. The van der Waals surface area contributed by atoms with Gasteiger partial charge in [0.25, 0.3) is 0 Å². The van der Waals surface area contributed by atoms with Crippen LogP contribution in [0.5, 0.6) is 0 Å². The highest BCUT2D eigenvalue weighted by molar-refractivity contribution is 6.05.